The molecular formula is C16H18O3S. The summed E-state index contributed by atoms with van der Waals surface area (Å²) < 4.78 is 30.5. The van der Waals surface area contributed by atoms with Gasteiger partial charge in [-0.1, -0.05) is 25.1 Å². The zero-order valence-electron chi connectivity index (χ0n) is 11.5. The van der Waals surface area contributed by atoms with E-state index in [9.17, 15) is 8.42 Å². The molecule has 1 heterocycles. The smallest absolute Gasteiger partial charge is 0.182 e. The lowest BCUT2D eigenvalue weighted by Crippen LogP contribution is -2.09. The van der Waals surface area contributed by atoms with Crippen LogP contribution in [0.3, 0.4) is 0 Å². The molecule has 0 N–H and O–H groups in total. The van der Waals surface area contributed by atoms with Gasteiger partial charge in [-0.05, 0) is 37.0 Å². The maximum absolute atomic E-state index is 12.4. The molecule has 0 fully saturated rings. The second kappa shape index (κ2) is 5.09. The number of sulfone groups is 1. The summed E-state index contributed by atoms with van der Waals surface area (Å²) in [5.41, 5.74) is 1.94. The lowest BCUT2D eigenvalue weighted by atomic mass is 9.88. The summed E-state index contributed by atoms with van der Waals surface area (Å²) in [7, 11) is -3.29. The second-order valence-electron chi connectivity index (χ2n) is 5.47. The number of benzene rings is 1. The van der Waals surface area contributed by atoms with Gasteiger partial charge in [-0.2, -0.15) is 0 Å². The van der Waals surface area contributed by atoms with E-state index < -0.39 is 9.84 Å². The van der Waals surface area contributed by atoms with E-state index in [2.05, 4.69) is 6.92 Å². The van der Waals surface area contributed by atoms with Gasteiger partial charge in [0.05, 0.1) is 16.9 Å². The van der Waals surface area contributed by atoms with Crippen molar-refractivity contribution < 1.29 is 12.8 Å². The Balaban J connectivity index is 1.93. The summed E-state index contributed by atoms with van der Waals surface area (Å²) in [6.45, 7) is 2.14. The van der Waals surface area contributed by atoms with Crippen LogP contribution < -0.4 is 0 Å². The third kappa shape index (κ3) is 2.40. The first-order chi connectivity index (χ1) is 9.58. The van der Waals surface area contributed by atoms with Crippen molar-refractivity contribution in [1.29, 1.82) is 0 Å². The van der Waals surface area contributed by atoms with Gasteiger partial charge in [-0.3, -0.25) is 0 Å². The van der Waals surface area contributed by atoms with Crippen molar-refractivity contribution in [2.45, 2.75) is 42.8 Å². The topological polar surface area (TPSA) is 47.3 Å². The highest BCUT2D eigenvalue weighted by atomic mass is 32.2. The third-order valence-corrected chi connectivity index (χ3v) is 5.65. The van der Waals surface area contributed by atoms with Gasteiger partial charge >= 0.3 is 0 Å². The van der Waals surface area contributed by atoms with Gasteiger partial charge in [0, 0.05) is 11.5 Å². The van der Waals surface area contributed by atoms with Crippen LogP contribution >= 0.6 is 0 Å². The van der Waals surface area contributed by atoms with E-state index in [4.69, 9.17) is 4.42 Å². The van der Waals surface area contributed by atoms with Crippen LogP contribution in [0.15, 0.2) is 45.9 Å². The van der Waals surface area contributed by atoms with Crippen LogP contribution in [0.4, 0.5) is 0 Å². The molecule has 106 valence electrons. The molecule has 1 unspecified atom stereocenters. The lowest BCUT2D eigenvalue weighted by Gasteiger charge is -2.17. The Bertz CT molecular complexity index is 699. The van der Waals surface area contributed by atoms with Gasteiger partial charge in [0.2, 0.25) is 0 Å². The van der Waals surface area contributed by atoms with E-state index >= 15 is 0 Å². The van der Waals surface area contributed by atoms with Crippen LogP contribution in [0.1, 0.15) is 42.6 Å². The molecule has 1 aromatic heterocycles. The van der Waals surface area contributed by atoms with Crippen LogP contribution in [0.2, 0.25) is 0 Å². The van der Waals surface area contributed by atoms with E-state index in [-0.39, 0.29) is 5.75 Å². The molecule has 1 aliphatic rings. The monoisotopic (exact) mass is 290 g/mol. The Morgan fingerprint density at radius 3 is 2.75 bits per heavy atom. The maximum atomic E-state index is 12.4. The highest BCUT2D eigenvalue weighted by Crippen LogP contribution is 2.35. The fraction of sp³-hybridized carbons (Fsp3) is 0.375. The van der Waals surface area contributed by atoms with Crippen molar-refractivity contribution >= 4 is 9.84 Å². The second-order valence-corrected chi connectivity index (χ2v) is 7.46. The summed E-state index contributed by atoms with van der Waals surface area (Å²) in [5, 5.41) is 0. The zero-order chi connectivity index (χ0) is 14.2. The average Bonchev–Trinajstić information content (AvgIpc) is 2.84. The first-order valence-electron chi connectivity index (χ1n) is 6.95. The van der Waals surface area contributed by atoms with E-state index in [1.54, 1.807) is 30.5 Å². The normalized spacial score (nSPS) is 18.8. The van der Waals surface area contributed by atoms with Gasteiger partial charge < -0.3 is 4.42 Å². The summed E-state index contributed by atoms with van der Waals surface area (Å²) in [6, 6.07) is 8.61. The van der Waals surface area contributed by atoms with E-state index in [1.165, 1.54) is 0 Å². The molecule has 0 spiro atoms. The molecular weight excluding hydrogens is 272 g/mol. The van der Waals surface area contributed by atoms with E-state index in [1.807, 2.05) is 6.07 Å². The number of hydrogen-bond donors (Lipinski definition) is 0. The summed E-state index contributed by atoms with van der Waals surface area (Å²) in [4.78, 5) is 0.374. The first kappa shape index (κ1) is 13.4. The zero-order valence-corrected chi connectivity index (χ0v) is 12.3. The Morgan fingerprint density at radius 2 is 2.00 bits per heavy atom. The number of fused-ring (bicyclic) bond motifs is 1. The molecule has 1 atom stereocenters. The molecule has 4 heteroatoms. The van der Waals surface area contributed by atoms with Crippen molar-refractivity contribution in [3.8, 4) is 0 Å². The molecule has 20 heavy (non-hydrogen) atoms. The largest absolute Gasteiger partial charge is 0.468 e. The third-order valence-electron chi connectivity index (χ3n) is 3.97. The minimum absolute atomic E-state index is 0.0303. The summed E-state index contributed by atoms with van der Waals surface area (Å²) in [5.74, 6) is 1.41. The van der Waals surface area contributed by atoms with Gasteiger partial charge in [0.1, 0.15) is 5.76 Å². The van der Waals surface area contributed by atoms with Crippen LogP contribution in [-0.4, -0.2) is 8.42 Å². The van der Waals surface area contributed by atoms with Crippen molar-refractivity contribution in [1.82, 2.24) is 0 Å². The molecule has 0 amide bonds. The minimum Gasteiger partial charge on any atom is -0.468 e. The van der Waals surface area contributed by atoms with Crippen molar-refractivity contribution in [2.24, 2.45) is 0 Å². The fourth-order valence-corrected chi connectivity index (χ4v) is 4.28. The molecule has 0 saturated carbocycles. The molecule has 1 aromatic carbocycles. The Kier molecular flexibility index (Phi) is 3.42. The predicted molar refractivity (Wildman–Crippen MR) is 77.4 cm³/mol. The molecule has 1 aliphatic carbocycles. The van der Waals surface area contributed by atoms with E-state index in [0.717, 1.165) is 36.1 Å². The molecule has 3 nitrogen and oxygen atoms in total. The quantitative estimate of drug-likeness (QED) is 0.866. The fourth-order valence-electron chi connectivity index (χ4n) is 2.89. The Hall–Kier alpha value is -1.55. The van der Waals surface area contributed by atoms with Crippen molar-refractivity contribution in [2.75, 3.05) is 0 Å². The van der Waals surface area contributed by atoms with Gasteiger partial charge in [0.25, 0.3) is 0 Å². The summed E-state index contributed by atoms with van der Waals surface area (Å²) >= 11 is 0. The minimum atomic E-state index is -3.29. The molecule has 3 rings (SSSR count). The SMILES string of the molecule is CC1CCCc2c(CS(=O)(=O)c3ccccc3)coc21. The number of furan rings is 1. The first-order valence-corrected chi connectivity index (χ1v) is 8.60. The summed E-state index contributed by atoms with van der Waals surface area (Å²) in [6.07, 6.45) is 4.78. The van der Waals surface area contributed by atoms with Crippen LogP contribution in [0, 0.1) is 0 Å². The van der Waals surface area contributed by atoms with Crippen molar-refractivity contribution in [3.05, 3.63) is 53.5 Å². The van der Waals surface area contributed by atoms with E-state index in [0.29, 0.717) is 10.8 Å². The van der Waals surface area contributed by atoms with Crippen LogP contribution in [0.25, 0.3) is 0 Å². The highest BCUT2D eigenvalue weighted by Gasteiger charge is 2.26. The lowest BCUT2D eigenvalue weighted by molar-refractivity contribution is 0.432. The van der Waals surface area contributed by atoms with Crippen LogP contribution in [0.5, 0.6) is 0 Å². The molecule has 0 aliphatic heterocycles. The number of rotatable bonds is 3. The predicted octanol–water partition coefficient (Wildman–Crippen LogP) is 3.69. The van der Waals surface area contributed by atoms with Crippen molar-refractivity contribution in [3.63, 3.8) is 0 Å². The molecule has 0 saturated heterocycles. The Morgan fingerprint density at radius 1 is 1.25 bits per heavy atom. The Labute approximate surface area is 119 Å². The highest BCUT2D eigenvalue weighted by molar-refractivity contribution is 7.90. The average molecular weight is 290 g/mol. The molecule has 2 aromatic rings. The molecule has 0 radical (unpaired) electrons. The standard InChI is InChI=1S/C16H18O3S/c1-12-6-5-9-15-13(10-19-16(12)15)11-20(17,18)14-7-3-2-4-8-14/h2-4,7-8,10,12H,5-6,9,11H2,1H3. The van der Waals surface area contributed by atoms with Gasteiger partial charge in [0.15, 0.2) is 9.84 Å². The van der Waals surface area contributed by atoms with Gasteiger partial charge in [-0.15, -0.1) is 0 Å². The number of hydrogen-bond acceptors (Lipinski definition) is 3. The molecule has 0 bridgehead atoms. The van der Waals surface area contributed by atoms with Crippen LogP contribution in [-0.2, 0) is 22.0 Å². The maximum Gasteiger partial charge on any atom is 0.182 e. The van der Waals surface area contributed by atoms with Gasteiger partial charge in [-0.25, -0.2) is 8.42 Å².